The van der Waals surface area contributed by atoms with Crippen LogP contribution in [0.3, 0.4) is 0 Å². The van der Waals surface area contributed by atoms with Crippen LogP contribution in [0.15, 0.2) is 18.2 Å². The molecule has 7 heteroatoms. The summed E-state index contributed by atoms with van der Waals surface area (Å²) in [6.45, 7) is 11.7. The van der Waals surface area contributed by atoms with Gasteiger partial charge in [-0.2, -0.15) is 0 Å². The molecule has 0 atom stereocenters. The first kappa shape index (κ1) is 19.7. The molecule has 0 spiro atoms. The molecule has 0 amide bonds. The Balaban J connectivity index is 1.74. The Hall–Kier alpha value is -1.60. The Morgan fingerprint density at radius 1 is 1.07 bits per heavy atom. The molecule has 0 aliphatic carbocycles. The fourth-order valence-corrected chi connectivity index (χ4v) is 4.38. The van der Waals surface area contributed by atoms with Crippen LogP contribution >= 0.6 is 11.6 Å². The normalized spacial score (nSPS) is 19.3. The van der Waals surface area contributed by atoms with Crippen LogP contribution in [-0.4, -0.2) is 80.9 Å². The van der Waals surface area contributed by atoms with E-state index in [9.17, 15) is 0 Å². The molecular formula is C21H29ClN4O2. The van der Waals surface area contributed by atoms with E-state index in [0.717, 1.165) is 87.8 Å². The molecule has 2 saturated heterocycles. The molecule has 0 N–H and O–H groups in total. The summed E-state index contributed by atoms with van der Waals surface area (Å²) in [5, 5.41) is 1.71. The van der Waals surface area contributed by atoms with Crippen molar-refractivity contribution in [3.63, 3.8) is 0 Å². The lowest BCUT2D eigenvalue weighted by Gasteiger charge is -2.36. The lowest BCUT2D eigenvalue weighted by atomic mass is 10.1. The third-order valence-corrected chi connectivity index (χ3v) is 6.15. The second-order valence-electron chi connectivity index (χ2n) is 7.42. The van der Waals surface area contributed by atoms with Gasteiger partial charge in [-0.05, 0) is 24.7 Å². The van der Waals surface area contributed by atoms with Crippen LogP contribution in [0.2, 0.25) is 5.15 Å². The van der Waals surface area contributed by atoms with Gasteiger partial charge in [-0.1, -0.05) is 18.5 Å². The van der Waals surface area contributed by atoms with E-state index in [2.05, 4.69) is 27.7 Å². The number of methoxy groups -OCH3 is 1. The van der Waals surface area contributed by atoms with Gasteiger partial charge in [0.2, 0.25) is 0 Å². The van der Waals surface area contributed by atoms with Gasteiger partial charge in [0, 0.05) is 56.8 Å². The lowest BCUT2D eigenvalue weighted by molar-refractivity contribution is 0.122. The molecule has 6 nitrogen and oxygen atoms in total. The minimum Gasteiger partial charge on any atom is -0.497 e. The number of aromatic nitrogens is 1. The summed E-state index contributed by atoms with van der Waals surface area (Å²) in [5.41, 5.74) is 3.22. The summed E-state index contributed by atoms with van der Waals surface area (Å²) < 4.78 is 11.1. The number of likely N-dealkylation sites (N-methyl/N-ethyl adjacent to an activating group) is 1. The molecular weight excluding hydrogens is 376 g/mol. The quantitative estimate of drug-likeness (QED) is 0.714. The minimum atomic E-state index is 0.608. The molecule has 4 rings (SSSR count). The summed E-state index contributed by atoms with van der Waals surface area (Å²) in [4.78, 5) is 12.1. The first-order valence-corrected chi connectivity index (χ1v) is 10.5. The van der Waals surface area contributed by atoms with E-state index in [1.165, 1.54) is 5.69 Å². The number of hydrogen-bond donors (Lipinski definition) is 0. The molecule has 3 heterocycles. The van der Waals surface area contributed by atoms with Gasteiger partial charge in [-0.3, -0.25) is 4.90 Å². The zero-order valence-electron chi connectivity index (χ0n) is 16.8. The maximum atomic E-state index is 6.74. The van der Waals surface area contributed by atoms with Gasteiger partial charge in [-0.25, -0.2) is 4.98 Å². The van der Waals surface area contributed by atoms with E-state index in [1.807, 2.05) is 12.1 Å². The smallest absolute Gasteiger partial charge is 0.136 e. The molecule has 1 aromatic carbocycles. The van der Waals surface area contributed by atoms with E-state index < -0.39 is 0 Å². The average molecular weight is 405 g/mol. The van der Waals surface area contributed by atoms with Crippen molar-refractivity contribution < 1.29 is 9.47 Å². The average Bonchev–Trinajstić information content (AvgIpc) is 2.75. The monoisotopic (exact) mass is 404 g/mol. The van der Waals surface area contributed by atoms with Crippen molar-refractivity contribution in [2.24, 2.45) is 0 Å². The van der Waals surface area contributed by atoms with Crippen molar-refractivity contribution in [2.45, 2.75) is 13.5 Å². The molecule has 0 unspecified atom stereocenters. The van der Waals surface area contributed by atoms with Crippen LogP contribution < -0.4 is 9.64 Å². The van der Waals surface area contributed by atoms with E-state index in [4.69, 9.17) is 26.1 Å². The fraction of sp³-hybridized carbons (Fsp3) is 0.571. The van der Waals surface area contributed by atoms with Crippen molar-refractivity contribution in [1.29, 1.82) is 0 Å². The topological polar surface area (TPSA) is 41.1 Å². The zero-order chi connectivity index (χ0) is 19.5. The number of fused-ring (bicyclic) bond motifs is 1. The van der Waals surface area contributed by atoms with Gasteiger partial charge in [-0.15, -0.1) is 0 Å². The highest BCUT2D eigenvalue weighted by atomic mass is 35.5. The summed E-state index contributed by atoms with van der Waals surface area (Å²) in [7, 11) is 1.70. The predicted molar refractivity (Wildman–Crippen MR) is 114 cm³/mol. The van der Waals surface area contributed by atoms with Gasteiger partial charge >= 0.3 is 0 Å². The fourth-order valence-electron chi connectivity index (χ4n) is 4.14. The molecule has 0 radical (unpaired) electrons. The van der Waals surface area contributed by atoms with Crippen molar-refractivity contribution in [2.75, 3.05) is 71.0 Å². The van der Waals surface area contributed by atoms with Crippen molar-refractivity contribution >= 4 is 28.2 Å². The maximum Gasteiger partial charge on any atom is 0.136 e. The van der Waals surface area contributed by atoms with E-state index in [0.29, 0.717) is 5.15 Å². The van der Waals surface area contributed by atoms with Crippen LogP contribution in [0.4, 0.5) is 5.69 Å². The van der Waals surface area contributed by atoms with E-state index in [1.54, 1.807) is 7.11 Å². The number of pyridine rings is 1. The standard InChI is InChI=1S/C21H29ClN4O2/c1-3-24-6-8-25(9-7-24)15-18-20(26-10-12-28-13-11-26)17-14-16(27-2)4-5-19(17)23-21(18)22/h4-5,14H,3,6-13,15H2,1-2H3. The first-order valence-electron chi connectivity index (χ1n) is 10.1. The number of piperazine rings is 1. The highest BCUT2D eigenvalue weighted by molar-refractivity contribution is 6.31. The van der Waals surface area contributed by atoms with Gasteiger partial charge < -0.3 is 19.3 Å². The maximum absolute atomic E-state index is 6.74. The van der Waals surface area contributed by atoms with Crippen LogP contribution in [-0.2, 0) is 11.3 Å². The summed E-state index contributed by atoms with van der Waals surface area (Å²) in [5.74, 6) is 0.841. The van der Waals surface area contributed by atoms with E-state index >= 15 is 0 Å². The molecule has 1 aromatic heterocycles. The number of rotatable bonds is 5. The number of benzene rings is 1. The highest BCUT2D eigenvalue weighted by Crippen LogP contribution is 2.37. The van der Waals surface area contributed by atoms with Gasteiger partial charge in [0.1, 0.15) is 10.9 Å². The van der Waals surface area contributed by atoms with Crippen LogP contribution in [0.1, 0.15) is 12.5 Å². The zero-order valence-corrected chi connectivity index (χ0v) is 17.5. The molecule has 28 heavy (non-hydrogen) atoms. The highest BCUT2D eigenvalue weighted by Gasteiger charge is 2.24. The minimum absolute atomic E-state index is 0.608. The van der Waals surface area contributed by atoms with Gasteiger partial charge in [0.05, 0.1) is 31.5 Å². The Labute approximate surface area is 172 Å². The van der Waals surface area contributed by atoms with Crippen molar-refractivity contribution in [3.8, 4) is 5.75 Å². The molecule has 0 bridgehead atoms. The largest absolute Gasteiger partial charge is 0.497 e. The van der Waals surface area contributed by atoms with Gasteiger partial charge in [0.15, 0.2) is 0 Å². The van der Waals surface area contributed by atoms with Crippen LogP contribution in [0, 0.1) is 0 Å². The number of halogens is 1. The third-order valence-electron chi connectivity index (χ3n) is 5.83. The number of hydrogen-bond acceptors (Lipinski definition) is 6. The SMILES string of the molecule is CCN1CCN(Cc2c(Cl)nc3ccc(OC)cc3c2N2CCOCC2)CC1. The first-order chi connectivity index (χ1) is 13.7. The third kappa shape index (κ3) is 4.06. The molecule has 2 aliphatic rings. The number of morpholine rings is 1. The van der Waals surface area contributed by atoms with Gasteiger partial charge in [0.25, 0.3) is 0 Å². The Kier molecular flexibility index (Phi) is 6.21. The molecule has 0 saturated carbocycles. The molecule has 152 valence electrons. The number of nitrogens with zero attached hydrogens (tertiary/aromatic N) is 4. The lowest BCUT2D eigenvalue weighted by Crippen LogP contribution is -2.46. The van der Waals surface area contributed by atoms with Crippen LogP contribution in [0.5, 0.6) is 5.75 Å². The Morgan fingerprint density at radius 3 is 2.46 bits per heavy atom. The second-order valence-corrected chi connectivity index (χ2v) is 7.78. The van der Waals surface area contributed by atoms with Crippen molar-refractivity contribution in [1.82, 2.24) is 14.8 Å². The second kappa shape index (κ2) is 8.82. The number of ether oxygens (including phenoxy) is 2. The van der Waals surface area contributed by atoms with Crippen LogP contribution in [0.25, 0.3) is 10.9 Å². The Bertz CT molecular complexity index is 818. The predicted octanol–water partition coefficient (Wildman–Crippen LogP) is 2.87. The summed E-state index contributed by atoms with van der Waals surface area (Å²) >= 11 is 6.74. The van der Waals surface area contributed by atoms with Crippen molar-refractivity contribution in [3.05, 3.63) is 28.9 Å². The molecule has 2 aromatic rings. The number of anilines is 1. The summed E-state index contributed by atoms with van der Waals surface area (Å²) in [6.07, 6.45) is 0. The molecule has 2 aliphatic heterocycles. The summed E-state index contributed by atoms with van der Waals surface area (Å²) in [6, 6.07) is 6.02. The Morgan fingerprint density at radius 2 is 1.79 bits per heavy atom. The van der Waals surface area contributed by atoms with E-state index in [-0.39, 0.29) is 0 Å². The molecule has 2 fully saturated rings.